The van der Waals surface area contributed by atoms with E-state index in [-0.39, 0.29) is 11.8 Å². The van der Waals surface area contributed by atoms with Gasteiger partial charge in [-0.25, -0.2) is 4.98 Å². The minimum atomic E-state index is 0.0758. The van der Waals surface area contributed by atoms with E-state index in [1.165, 1.54) is 0 Å². The second-order valence-corrected chi connectivity index (χ2v) is 6.82. The van der Waals surface area contributed by atoms with Crippen LogP contribution in [0.1, 0.15) is 29.6 Å². The zero-order valence-corrected chi connectivity index (χ0v) is 15.5. The fourth-order valence-corrected chi connectivity index (χ4v) is 3.50. The molecule has 27 heavy (non-hydrogen) atoms. The molecule has 1 aliphatic rings. The standard InChI is InChI=1S/C21H22N4O2/c1-14-20(15-6-8-18(27-2)9-7-15)24-21(23-14)16-11-19(26)25(12-16)13-17-5-3-4-10-22-17/h3-10,16H,11-13H2,1-2H3,(H,23,24). The van der Waals surface area contributed by atoms with E-state index in [0.717, 1.165) is 34.2 Å². The smallest absolute Gasteiger partial charge is 0.223 e. The Morgan fingerprint density at radius 2 is 2.04 bits per heavy atom. The first-order chi connectivity index (χ1) is 13.1. The highest BCUT2D eigenvalue weighted by atomic mass is 16.5. The molecule has 3 aromatic rings. The summed E-state index contributed by atoms with van der Waals surface area (Å²) in [7, 11) is 1.65. The number of aryl methyl sites for hydroxylation is 1. The lowest BCUT2D eigenvalue weighted by Crippen LogP contribution is -2.24. The predicted molar refractivity (Wildman–Crippen MR) is 102 cm³/mol. The summed E-state index contributed by atoms with van der Waals surface area (Å²) < 4.78 is 5.22. The van der Waals surface area contributed by atoms with E-state index in [4.69, 9.17) is 9.72 Å². The van der Waals surface area contributed by atoms with Crippen LogP contribution in [0.2, 0.25) is 0 Å². The predicted octanol–water partition coefficient (Wildman–Crippen LogP) is 3.30. The average Bonchev–Trinajstić information content (AvgIpc) is 3.26. The molecule has 0 spiro atoms. The summed E-state index contributed by atoms with van der Waals surface area (Å²) in [6.45, 7) is 3.21. The molecule has 1 unspecified atom stereocenters. The second-order valence-electron chi connectivity index (χ2n) is 6.82. The van der Waals surface area contributed by atoms with Crippen molar-refractivity contribution in [3.05, 3.63) is 65.9 Å². The van der Waals surface area contributed by atoms with E-state index in [1.54, 1.807) is 13.3 Å². The second kappa shape index (κ2) is 7.23. The minimum absolute atomic E-state index is 0.0758. The lowest BCUT2D eigenvalue weighted by molar-refractivity contribution is -0.128. The molecule has 1 amide bonds. The normalized spacial score (nSPS) is 16.7. The first kappa shape index (κ1) is 17.3. The Morgan fingerprint density at radius 1 is 1.22 bits per heavy atom. The zero-order chi connectivity index (χ0) is 18.8. The van der Waals surface area contributed by atoms with E-state index < -0.39 is 0 Å². The number of pyridine rings is 1. The molecule has 0 radical (unpaired) electrons. The van der Waals surface area contributed by atoms with Crippen LogP contribution in [0.15, 0.2) is 48.7 Å². The molecule has 3 heterocycles. The van der Waals surface area contributed by atoms with Gasteiger partial charge in [0.15, 0.2) is 0 Å². The minimum Gasteiger partial charge on any atom is -0.497 e. The van der Waals surface area contributed by atoms with E-state index in [1.807, 2.05) is 54.3 Å². The van der Waals surface area contributed by atoms with E-state index in [9.17, 15) is 4.79 Å². The number of hydrogen-bond donors (Lipinski definition) is 1. The van der Waals surface area contributed by atoms with Crippen molar-refractivity contribution in [3.8, 4) is 17.0 Å². The SMILES string of the molecule is COc1ccc(-c2nc(C3CC(=O)N(Cc4ccccn4)C3)[nH]c2C)cc1. The highest BCUT2D eigenvalue weighted by Crippen LogP contribution is 2.31. The molecule has 1 aliphatic heterocycles. The molecule has 0 bridgehead atoms. The van der Waals surface area contributed by atoms with Crippen molar-refractivity contribution in [1.29, 1.82) is 0 Å². The number of nitrogens with zero attached hydrogens (tertiary/aromatic N) is 3. The molecule has 0 aliphatic carbocycles. The van der Waals surface area contributed by atoms with Crippen molar-refractivity contribution in [2.45, 2.75) is 25.8 Å². The van der Waals surface area contributed by atoms with Gasteiger partial charge in [-0.05, 0) is 43.3 Å². The lowest BCUT2D eigenvalue weighted by Gasteiger charge is -2.15. The van der Waals surface area contributed by atoms with Gasteiger partial charge in [-0.3, -0.25) is 9.78 Å². The molecular weight excluding hydrogens is 340 g/mol. The first-order valence-corrected chi connectivity index (χ1v) is 9.02. The number of H-pyrrole nitrogens is 1. The number of carbonyl (C=O) groups is 1. The molecule has 1 saturated heterocycles. The third kappa shape index (κ3) is 3.56. The van der Waals surface area contributed by atoms with E-state index in [0.29, 0.717) is 19.5 Å². The molecular formula is C21H22N4O2. The van der Waals surface area contributed by atoms with Crippen LogP contribution in [0.5, 0.6) is 5.75 Å². The van der Waals surface area contributed by atoms with Gasteiger partial charge in [-0.15, -0.1) is 0 Å². The Balaban J connectivity index is 1.51. The number of aromatic amines is 1. The third-order valence-electron chi connectivity index (χ3n) is 4.95. The van der Waals surface area contributed by atoms with Crippen molar-refractivity contribution in [2.24, 2.45) is 0 Å². The number of benzene rings is 1. The highest BCUT2D eigenvalue weighted by molar-refractivity contribution is 5.79. The van der Waals surface area contributed by atoms with Crippen LogP contribution in [-0.2, 0) is 11.3 Å². The number of nitrogens with one attached hydrogen (secondary N) is 1. The van der Waals surface area contributed by atoms with Crippen LogP contribution in [0.25, 0.3) is 11.3 Å². The van der Waals surface area contributed by atoms with Crippen LogP contribution in [0.4, 0.5) is 0 Å². The fourth-order valence-electron chi connectivity index (χ4n) is 3.50. The highest BCUT2D eigenvalue weighted by Gasteiger charge is 2.33. The van der Waals surface area contributed by atoms with Gasteiger partial charge < -0.3 is 14.6 Å². The maximum Gasteiger partial charge on any atom is 0.223 e. The average molecular weight is 362 g/mol. The maximum absolute atomic E-state index is 12.4. The molecule has 0 saturated carbocycles. The third-order valence-corrected chi connectivity index (χ3v) is 4.95. The summed E-state index contributed by atoms with van der Waals surface area (Å²) in [6.07, 6.45) is 2.23. The number of methoxy groups -OCH3 is 1. The number of likely N-dealkylation sites (tertiary alicyclic amines) is 1. The van der Waals surface area contributed by atoms with Crippen LogP contribution < -0.4 is 4.74 Å². The summed E-state index contributed by atoms with van der Waals surface area (Å²) in [5.74, 6) is 1.91. The van der Waals surface area contributed by atoms with Crippen LogP contribution in [0, 0.1) is 6.92 Å². The topological polar surface area (TPSA) is 71.1 Å². The Kier molecular flexibility index (Phi) is 4.62. The van der Waals surface area contributed by atoms with Gasteiger partial charge in [0.25, 0.3) is 0 Å². The quantitative estimate of drug-likeness (QED) is 0.756. The maximum atomic E-state index is 12.4. The number of imidazole rings is 1. The van der Waals surface area contributed by atoms with E-state index in [2.05, 4.69) is 9.97 Å². The molecule has 1 aromatic carbocycles. The molecule has 1 N–H and O–H groups in total. The largest absolute Gasteiger partial charge is 0.497 e. The number of amides is 1. The van der Waals surface area contributed by atoms with Gasteiger partial charge in [0.05, 0.1) is 25.0 Å². The molecule has 6 nitrogen and oxygen atoms in total. The van der Waals surface area contributed by atoms with Crippen LogP contribution >= 0.6 is 0 Å². The zero-order valence-electron chi connectivity index (χ0n) is 15.5. The monoisotopic (exact) mass is 362 g/mol. The van der Waals surface area contributed by atoms with Crippen molar-refractivity contribution in [3.63, 3.8) is 0 Å². The lowest BCUT2D eigenvalue weighted by atomic mass is 10.1. The fraction of sp³-hybridized carbons (Fsp3) is 0.286. The Bertz CT molecular complexity index is 935. The number of rotatable bonds is 5. The molecule has 4 rings (SSSR count). The first-order valence-electron chi connectivity index (χ1n) is 9.02. The Labute approximate surface area is 158 Å². The number of aromatic nitrogens is 3. The van der Waals surface area contributed by atoms with Crippen molar-refractivity contribution >= 4 is 5.91 Å². The van der Waals surface area contributed by atoms with Gasteiger partial charge >= 0.3 is 0 Å². The number of hydrogen-bond acceptors (Lipinski definition) is 4. The van der Waals surface area contributed by atoms with Gasteiger partial charge in [0.1, 0.15) is 11.6 Å². The van der Waals surface area contributed by atoms with Crippen molar-refractivity contribution in [2.75, 3.05) is 13.7 Å². The number of carbonyl (C=O) groups excluding carboxylic acids is 1. The summed E-state index contributed by atoms with van der Waals surface area (Å²) in [4.78, 5) is 26.8. The summed E-state index contributed by atoms with van der Waals surface area (Å²) >= 11 is 0. The van der Waals surface area contributed by atoms with Gasteiger partial charge in [0, 0.05) is 36.3 Å². The molecule has 1 atom stereocenters. The summed E-state index contributed by atoms with van der Waals surface area (Å²) in [5.41, 5.74) is 3.86. The van der Waals surface area contributed by atoms with E-state index >= 15 is 0 Å². The van der Waals surface area contributed by atoms with Gasteiger partial charge in [0.2, 0.25) is 5.91 Å². The molecule has 6 heteroatoms. The van der Waals surface area contributed by atoms with Crippen molar-refractivity contribution < 1.29 is 9.53 Å². The molecule has 2 aromatic heterocycles. The Morgan fingerprint density at radius 3 is 2.74 bits per heavy atom. The van der Waals surface area contributed by atoms with Gasteiger partial charge in [-0.2, -0.15) is 0 Å². The van der Waals surface area contributed by atoms with Crippen LogP contribution in [-0.4, -0.2) is 39.4 Å². The van der Waals surface area contributed by atoms with Crippen molar-refractivity contribution in [1.82, 2.24) is 19.9 Å². The summed E-state index contributed by atoms with van der Waals surface area (Å²) in [6, 6.07) is 13.6. The molecule has 138 valence electrons. The Hall–Kier alpha value is -3.15. The summed E-state index contributed by atoms with van der Waals surface area (Å²) in [5, 5.41) is 0. The van der Waals surface area contributed by atoms with Gasteiger partial charge in [-0.1, -0.05) is 6.07 Å². The number of ether oxygens (including phenoxy) is 1. The van der Waals surface area contributed by atoms with Crippen LogP contribution in [0.3, 0.4) is 0 Å². The molecule has 1 fully saturated rings.